The highest BCUT2D eigenvalue weighted by Crippen LogP contribution is 1.52. The fraction of sp³-hybridized carbons (Fsp3) is 0. The van der Waals surface area contributed by atoms with Crippen LogP contribution >= 0.6 is 0 Å². The lowest BCUT2D eigenvalue weighted by atomic mass is 10.7. The van der Waals surface area contributed by atoms with Crippen molar-refractivity contribution in [2.45, 2.75) is 0 Å². The fourth-order valence-electron chi connectivity index (χ4n) is 0.0321. The monoisotopic (exact) mass is 91.0 g/mol. The van der Waals surface area contributed by atoms with Crippen molar-refractivity contribution in [1.29, 1.82) is 0 Å². The minimum Gasteiger partial charge on any atom is -0.298 e. The van der Waals surface area contributed by atoms with Gasteiger partial charge in [0.15, 0.2) is 5.54 Å². The number of allylic oxidation sites excluding steroid dienone is 1. The molecule has 0 aromatic rings. The molecule has 2 heteroatoms. The third-order valence-corrected chi connectivity index (χ3v) is 0.314. The maximum Gasteiger partial charge on any atom is 0.193 e. The van der Waals surface area contributed by atoms with Crippen molar-refractivity contribution in [2.24, 2.45) is 0 Å². The zero-order valence-corrected chi connectivity index (χ0v) is 3.37. The second-order valence-electron chi connectivity index (χ2n) is 0.465. The quantitative estimate of drug-likeness (QED) is 0.328. The van der Waals surface area contributed by atoms with Crippen LogP contribution in [0.25, 0.3) is 0 Å². The lowest BCUT2D eigenvalue weighted by Crippen LogP contribution is -1.51. The average molecular weight is 91.5 g/mol. The fourth-order valence-corrected chi connectivity index (χ4v) is 0.0962. The SMILES string of the molecule is O=C/C=C\[ClH+]. The molecule has 0 amide bonds. The Morgan fingerprint density at radius 2 is 2.20 bits per heavy atom. The van der Waals surface area contributed by atoms with E-state index in [1.54, 1.807) is 0 Å². The Hall–Kier alpha value is -0.300. The molecule has 0 radical (unpaired) electrons. The smallest absolute Gasteiger partial charge is 0.193 e. The van der Waals surface area contributed by atoms with Crippen LogP contribution in [-0.4, -0.2) is 6.29 Å². The summed E-state index contributed by atoms with van der Waals surface area (Å²) in [5.41, 5.74) is 1.27. The van der Waals surface area contributed by atoms with Crippen LogP contribution in [0.15, 0.2) is 11.6 Å². The van der Waals surface area contributed by atoms with Gasteiger partial charge in [-0.3, -0.25) is 4.79 Å². The van der Waals surface area contributed by atoms with E-state index in [2.05, 4.69) is 11.6 Å². The van der Waals surface area contributed by atoms with E-state index in [0.29, 0.717) is 6.29 Å². The summed E-state index contributed by atoms with van der Waals surface area (Å²) in [7, 11) is 0. The standard InChI is InChI=1S/C3H4ClO/c4-2-1-3-5/h1-4H/q+1/b2-1-. The second-order valence-corrected chi connectivity index (χ2v) is 0.737. The number of carbonyl (C=O) groups excluding carboxylic acids is 1. The van der Waals surface area contributed by atoms with E-state index >= 15 is 0 Å². The topological polar surface area (TPSA) is 17.1 Å². The van der Waals surface area contributed by atoms with E-state index in [1.807, 2.05) is 0 Å². The first-order chi connectivity index (χ1) is 2.41. The highest BCUT2D eigenvalue weighted by Gasteiger charge is 1.59. The van der Waals surface area contributed by atoms with E-state index in [1.165, 1.54) is 11.6 Å². The van der Waals surface area contributed by atoms with Gasteiger partial charge < -0.3 is 0 Å². The zero-order chi connectivity index (χ0) is 4.12. The van der Waals surface area contributed by atoms with Gasteiger partial charge in [0, 0.05) is 6.08 Å². The van der Waals surface area contributed by atoms with E-state index in [4.69, 9.17) is 0 Å². The number of halogens is 1. The molecule has 0 heterocycles. The van der Waals surface area contributed by atoms with Crippen molar-refractivity contribution < 1.29 is 16.4 Å². The van der Waals surface area contributed by atoms with E-state index in [9.17, 15) is 4.79 Å². The molecule has 1 nitrogen and oxygen atoms in total. The molecule has 0 spiro atoms. The van der Waals surface area contributed by atoms with E-state index in [0.717, 1.165) is 0 Å². The first-order valence-electron chi connectivity index (χ1n) is 1.14. The first kappa shape index (κ1) is 4.70. The van der Waals surface area contributed by atoms with Gasteiger partial charge in [0.25, 0.3) is 0 Å². The molecule has 28 valence electrons. The summed E-state index contributed by atoms with van der Waals surface area (Å²) in [6, 6.07) is 0. The zero-order valence-electron chi connectivity index (χ0n) is 2.55. The molecule has 0 aromatic heterocycles. The van der Waals surface area contributed by atoms with Crippen LogP contribution < -0.4 is 0 Å². The van der Waals surface area contributed by atoms with Crippen molar-refractivity contribution in [2.75, 3.05) is 0 Å². The Morgan fingerprint density at radius 1 is 1.60 bits per heavy atom. The van der Waals surface area contributed by atoms with Gasteiger partial charge in [-0.25, -0.2) is 0 Å². The summed E-state index contributed by atoms with van der Waals surface area (Å²) in [5.74, 6) is 0. The third-order valence-electron chi connectivity index (χ3n) is 0.157. The number of rotatable bonds is 1. The largest absolute Gasteiger partial charge is 0.298 e. The Bertz CT molecular complexity index is 48.9. The lowest BCUT2D eigenvalue weighted by Gasteiger charge is -1.40. The van der Waals surface area contributed by atoms with Crippen molar-refractivity contribution >= 4 is 6.29 Å². The van der Waals surface area contributed by atoms with Gasteiger partial charge in [-0.2, -0.15) is 0 Å². The van der Waals surface area contributed by atoms with Crippen molar-refractivity contribution in [3.05, 3.63) is 11.6 Å². The molecule has 0 unspecified atom stereocenters. The van der Waals surface area contributed by atoms with Gasteiger partial charge in [0.05, 0.1) is 0 Å². The second kappa shape index (κ2) is 3.70. The number of aldehydes is 1. The maximum atomic E-state index is 9.25. The minimum atomic E-state index is 0.646. The van der Waals surface area contributed by atoms with E-state index in [-0.39, 0.29) is 0 Å². The molecule has 0 N–H and O–H groups in total. The summed E-state index contributed by atoms with van der Waals surface area (Å²) in [5, 5.41) is 0. The summed E-state index contributed by atoms with van der Waals surface area (Å²) < 4.78 is 0. The van der Waals surface area contributed by atoms with Crippen molar-refractivity contribution in [3.8, 4) is 0 Å². The highest BCUT2D eigenvalue weighted by molar-refractivity contribution is 5.63. The van der Waals surface area contributed by atoms with Gasteiger partial charge in [0.1, 0.15) is 17.9 Å². The molecule has 0 aromatic carbocycles. The van der Waals surface area contributed by atoms with Crippen LogP contribution in [0.3, 0.4) is 0 Å². The van der Waals surface area contributed by atoms with Crippen LogP contribution in [-0.2, 0) is 4.79 Å². The molecule has 0 bridgehead atoms. The Labute approximate surface area is 35.2 Å². The summed E-state index contributed by atoms with van der Waals surface area (Å²) >= 11 is 4.24. The molecule has 0 saturated carbocycles. The molecule has 5 heavy (non-hydrogen) atoms. The minimum absolute atomic E-state index is 0.646. The van der Waals surface area contributed by atoms with Gasteiger partial charge in [0.2, 0.25) is 0 Å². The lowest BCUT2D eigenvalue weighted by molar-refractivity contribution is -0.274. The Kier molecular flexibility index (Phi) is 3.48. The molecule has 0 aliphatic carbocycles. The molecule has 0 saturated heterocycles. The molecular weight excluding hydrogens is 87.5 g/mol. The summed E-state index contributed by atoms with van der Waals surface area (Å²) in [6.07, 6.45) is 1.91. The predicted molar refractivity (Wildman–Crippen MR) is 16.6 cm³/mol. The van der Waals surface area contributed by atoms with Crippen LogP contribution in [0.5, 0.6) is 0 Å². The van der Waals surface area contributed by atoms with Crippen molar-refractivity contribution in [3.63, 3.8) is 0 Å². The van der Waals surface area contributed by atoms with Crippen LogP contribution in [0.2, 0.25) is 0 Å². The predicted octanol–water partition coefficient (Wildman–Crippen LogP) is -0.0194. The van der Waals surface area contributed by atoms with Crippen LogP contribution in [0.4, 0.5) is 0 Å². The first-order valence-corrected chi connectivity index (χ1v) is 1.61. The highest BCUT2D eigenvalue weighted by atomic mass is 35.5. The average Bonchev–Trinajstić information content (AvgIpc) is 1.41. The third kappa shape index (κ3) is 3.70. The Morgan fingerprint density at radius 3 is 2.20 bits per heavy atom. The van der Waals surface area contributed by atoms with Crippen LogP contribution in [0, 0.1) is 11.6 Å². The number of hydrogen-bond donors (Lipinski definition) is 0. The van der Waals surface area contributed by atoms with Crippen molar-refractivity contribution in [1.82, 2.24) is 0 Å². The van der Waals surface area contributed by atoms with E-state index < -0.39 is 0 Å². The Balaban J connectivity index is 2.92. The van der Waals surface area contributed by atoms with Gasteiger partial charge in [-0.05, 0) is 0 Å². The molecule has 0 rings (SSSR count). The van der Waals surface area contributed by atoms with Gasteiger partial charge in [-0.1, -0.05) is 0 Å². The summed E-state index contributed by atoms with van der Waals surface area (Å²) in [6.45, 7) is 0. The van der Waals surface area contributed by atoms with Gasteiger partial charge >= 0.3 is 0 Å². The molecule has 0 aliphatic heterocycles. The molecule has 0 fully saturated rings. The maximum absolute atomic E-state index is 9.25. The molecule has 0 aliphatic rings. The normalized spacial score (nSPS) is 9.00. The number of hydrogen-bond acceptors (Lipinski definition) is 1. The molecule has 0 atom stereocenters. The summed E-state index contributed by atoms with van der Waals surface area (Å²) in [4.78, 5) is 9.25. The molecular formula is C3H4ClO+. The van der Waals surface area contributed by atoms with Gasteiger partial charge in [-0.15, -0.1) is 0 Å². The van der Waals surface area contributed by atoms with Crippen LogP contribution in [0.1, 0.15) is 0 Å². The number of carbonyl (C=O) groups is 1.